The molecule has 104 valence electrons. The lowest BCUT2D eigenvalue weighted by Crippen LogP contribution is -2.47. The maximum absolute atomic E-state index is 11.2. The molecule has 2 atom stereocenters. The molecule has 1 aromatic carbocycles. The fourth-order valence-corrected chi connectivity index (χ4v) is 2.84. The molecule has 1 amide bonds. The van der Waals surface area contributed by atoms with Gasteiger partial charge in [0, 0.05) is 30.4 Å². The Hall–Kier alpha value is -1.55. The summed E-state index contributed by atoms with van der Waals surface area (Å²) < 4.78 is 0. The summed E-state index contributed by atoms with van der Waals surface area (Å²) in [5, 5.41) is 0. The first kappa shape index (κ1) is 13.9. The zero-order chi connectivity index (χ0) is 14.0. The van der Waals surface area contributed by atoms with Gasteiger partial charge in [-0.1, -0.05) is 13.3 Å². The Morgan fingerprint density at radius 3 is 2.79 bits per heavy atom. The minimum absolute atomic E-state index is 0.312. The van der Waals surface area contributed by atoms with Crippen molar-refractivity contribution in [3.63, 3.8) is 0 Å². The Morgan fingerprint density at radius 1 is 1.47 bits per heavy atom. The Morgan fingerprint density at radius 2 is 2.21 bits per heavy atom. The van der Waals surface area contributed by atoms with Gasteiger partial charge in [0.15, 0.2) is 0 Å². The van der Waals surface area contributed by atoms with Gasteiger partial charge in [0.2, 0.25) is 5.91 Å². The van der Waals surface area contributed by atoms with E-state index in [9.17, 15) is 4.79 Å². The molecule has 1 fully saturated rings. The molecule has 4 heteroatoms. The van der Waals surface area contributed by atoms with Gasteiger partial charge in [0.25, 0.3) is 0 Å². The van der Waals surface area contributed by atoms with E-state index in [1.54, 1.807) is 0 Å². The second kappa shape index (κ2) is 5.61. The van der Waals surface area contributed by atoms with E-state index in [2.05, 4.69) is 11.8 Å². The van der Waals surface area contributed by atoms with Crippen molar-refractivity contribution in [3.05, 3.63) is 29.3 Å². The van der Waals surface area contributed by atoms with E-state index in [1.165, 1.54) is 0 Å². The second-order valence-electron chi connectivity index (χ2n) is 5.43. The number of piperidine rings is 1. The van der Waals surface area contributed by atoms with Gasteiger partial charge in [-0.3, -0.25) is 4.79 Å². The summed E-state index contributed by atoms with van der Waals surface area (Å²) >= 11 is 0. The molecule has 0 radical (unpaired) electrons. The number of rotatable bonds is 3. The first-order valence-corrected chi connectivity index (χ1v) is 6.94. The number of primary amides is 1. The second-order valence-corrected chi connectivity index (χ2v) is 5.43. The van der Waals surface area contributed by atoms with Crippen LogP contribution in [0.15, 0.2) is 18.2 Å². The first-order valence-electron chi connectivity index (χ1n) is 6.94. The maximum atomic E-state index is 11.2. The number of amides is 1. The number of nitrogens with two attached hydrogens (primary N) is 2. The van der Waals surface area contributed by atoms with Crippen LogP contribution >= 0.6 is 0 Å². The molecule has 1 aliphatic heterocycles. The van der Waals surface area contributed by atoms with Gasteiger partial charge in [-0.25, -0.2) is 0 Å². The molecular weight excluding hydrogens is 238 g/mol. The minimum Gasteiger partial charge on any atom is -0.371 e. The van der Waals surface area contributed by atoms with Crippen LogP contribution in [0.25, 0.3) is 0 Å². The molecule has 1 heterocycles. The van der Waals surface area contributed by atoms with Gasteiger partial charge < -0.3 is 16.4 Å². The molecule has 19 heavy (non-hydrogen) atoms. The van der Waals surface area contributed by atoms with Gasteiger partial charge in [0.05, 0.1) is 0 Å². The van der Waals surface area contributed by atoms with Gasteiger partial charge >= 0.3 is 0 Å². The van der Waals surface area contributed by atoms with Crippen LogP contribution in [0, 0.1) is 12.8 Å². The Kier molecular flexibility index (Phi) is 4.10. The average molecular weight is 261 g/mol. The third kappa shape index (κ3) is 2.89. The number of carbonyl (C=O) groups is 1. The largest absolute Gasteiger partial charge is 0.371 e. The summed E-state index contributed by atoms with van der Waals surface area (Å²) in [4.78, 5) is 13.6. The predicted octanol–water partition coefficient (Wildman–Crippen LogP) is 1.66. The van der Waals surface area contributed by atoms with E-state index in [-0.39, 0.29) is 5.91 Å². The highest BCUT2D eigenvalue weighted by molar-refractivity contribution is 5.94. The van der Waals surface area contributed by atoms with Crippen LogP contribution in [-0.2, 0) is 0 Å². The van der Waals surface area contributed by atoms with Crippen molar-refractivity contribution in [2.75, 3.05) is 18.0 Å². The van der Waals surface area contributed by atoms with Crippen molar-refractivity contribution in [1.29, 1.82) is 0 Å². The van der Waals surface area contributed by atoms with Crippen LogP contribution in [-0.4, -0.2) is 25.0 Å². The normalized spacial score (nSPS) is 23.4. The lowest BCUT2D eigenvalue weighted by Gasteiger charge is -2.38. The average Bonchev–Trinajstić information content (AvgIpc) is 2.38. The van der Waals surface area contributed by atoms with Gasteiger partial charge in [0.1, 0.15) is 0 Å². The fourth-order valence-electron chi connectivity index (χ4n) is 2.84. The number of nitrogens with zero attached hydrogens (tertiary/aromatic N) is 1. The molecule has 0 saturated carbocycles. The maximum Gasteiger partial charge on any atom is 0.248 e. The quantitative estimate of drug-likeness (QED) is 0.869. The Balaban J connectivity index is 2.18. The minimum atomic E-state index is -0.365. The van der Waals surface area contributed by atoms with Crippen LogP contribution in [0.4, 0.5) is 5.69 Å². The molecule has 4 nitrogen and oxygen atoms in total. The summed E-state index contributed by atoms with van der Waals surface area (Å²) in [6, 6.07) is 6.16. The van der Waals surface area contributed by atoms with Gasteiger partial charge in [-0.2, -0.15) is 0 Å². The molecule has 2 unspecified atom stereocenters. The number of benzene rings is 1. The van der Waals surface area contributed by atoms with Crippen molar-refractivity contribution >= 4 is 11.6 Å². The predicted molar refractivity (Wildman–Crippen MR) is 78.3 cm³/mol. The molecule has 1 aliphatic rings. The van der Waals surface area contributed by atoms with Crippen LogP contribution < -0.4 is 16.4 Å². The summed E-state index contributed by atoms with van der Waals surface area (Å²) in [7, 11) is 0. The number of anilines is 1. The van der Waals surface area contributed by atoms with Crippen LogP contribution in [0.1, 0.15) is 35.7 Å². The number of hydrogen-bond acceptors (Lipinski definition) is 3. The van der Waals surface area contributed by atoms with Gasteiger partial charge in [-0.05, 0) is 43.0 Å². The van der Waals surface area contributed by atoms with E-state index >= 15 is 0 Å². The highest BCUT2D eigenvalue weighted by atomic mass is 16.1. The third-order valence-corrected chi connectivity index (χ3v) is 4.16. The summed E-state index contributed by atoms with van der Waals surface area (Å²) in [6.45, 7) is 6.09. The van der Waals surface area contributed by atoms with E-state index in [1.807, 2.05) is 25.1 Å². The smallest absolute Gasteiger partial charge is 0.248 e. The van der Waals surface area contributed by atoms with Crippen molar-refractivity contribution < 1.29 is 4.79 Å². The van der Waals surface area contributed by atoms with Crippen molar-refractivity contribution in [3.8, 4) is 0 Å². The molecular formula is C15H23N3O. The zero-order valence-corrected chi connectivity index (χ0v) is 11.7. The van der Waals surface area contributed by atoms with Crippen molar-refractivity contribution in [1.82, 2.24) is 0 Å². The molecule has 4 N–H and O–H groups in total. The third-order valence-electron chi connectivity index (χ3n) is 4.16. The molecule has 0 spiro atoms. The van der Waals surface area contributed by atoms with E-state index in [0.717, 1.165) is 37.2 Å². The number of hydrogen-bond donors (Lipinski definition) is 2. The number of carbonyl (C=O) groups excluding carboxylic acids is 1. The highest BCUT2D eigenvalue weighted by Gasteiger charge is 2.25. The fraction of sp³-hybridized carbons (Fsp3) is 0.533. The monoisotopic (exact) mass is 261 g/mol. The zero-order valence-electron chi connectivity index (χ0n) is 11.7. The highest BCUT2D eigenvalue weighted by Crippen LogP contribution is 2.26. The molecule has 0 aromatic heterocycles. The molecule has 0 aliphatic carbocycles. The SMILES string of the molecule is CCC1CN(c2ccc(C(N)=O)c(C)c2)CCC1N. The molecule has 2 rings (SSSR count). The topological polar surface area (TPSA) is 72.3 Å². The van der Waals surface area contributed by atoms with E-state index in [0.29, 0.717) is 17.5 Å². The molecule has 1 aromatic rings. The lowest BCUT2D eigenvalue weighted by atomic mass is 9.90. The molecule has 1 saturated heterocycles. The Labute approximate surface area is 114 Å². The summed E-state index contributed by atoms with van der Waals surface area (Å²) in [5.41, 5.74) is 14.2. The van der Waals surface area contributed by atoms with Crippen molar-refractivity contribution in [2.24, 2.45) is 17.4 Å². The van der Waals surface area contributed by atoms with Crippen LogP contribution in [0.2, 0.25) is 0 Å². The van der Waals surface area contributed by atoms with E-state index < -0.39 is 0 Å². The molecule has 0 bridgehead atoms. The summed E-state index contributed by atoms with van der Waals surface area (Å²) in [5.74, 6) is 0.182. The van der Waals surface area contributed by atoms with Crippen LogP contribution in [0.5, 0.6) is 0 Å². The van der Waals surface area contributed by atoms with Gasteiger partial charge in [-0.15, -0.1) is 0 Å². The lowest BCUT2D eigenvalue weighted by molar-refractivity contribution is 0.1000. The summed E-state index contributed by atoms with van der Waals surface area (Å²) in [6.07, 6.45) is 2.13. The van der Waals surface area contributed by atoms with E-state index in [4.69, 9.17) is 11.5 Å². The first-order chi connectivity index (χ1) is 9.02. The van der Waals surface area contributed by atoms with Crippen molar-refractivity contribution in [2.45, 2.75) is 32.7 Å². The standard InChI is InChI=1S/C15H23N3O/c1-3-11-9-18(7-6-14(11)16)12-4-5-13(15(17)19)10(2)8-12/h4-5,8,11,14H,3,6-7,9,16H2,1-2H3,(H2,17,19). The van der Waals surface area contributed by atoms with Crippen LogP contribution in [0.3, 0.4) is 0 Å². The Bertz CT molecular complexity index is 472. The number of aryl methyl sites for hydroxylation is 1.